The molecule has 8 aromatic rings. The van der Waals surface area contributed by atoms with Gasteiger partial charge in [-0.1, -0.05) is 157 Å². The van der Waals surface area contributed by atoms with Crippen LogP contribution in [0.4, 0.5) is 0 Å². The summed E-state index contributed by atoms with van der Waals surface area (Å²) < 4.78 is 0. The SMILES string of the molecule is Cc1ccc(-c2cc(-c3ccccc3)nc(-c3ccc(-c4cc(C)cc(-c5cc(-c6ccccc6)nc(-c6ccccc6)c5)c4)cc3)c2)cc1. The average molecular weight is 641 g/mol. The van der Waals surface area contributed by atoms with Crippen LogP contribution in [0, 0.1) is 13.8 Å². The Morgan fingerprint density at radius 2 is 0.540 bits per heavy atom. The monoisotopic (exact) mass is 640 g/mol. The molecule has 0 aliphatic carbocycles. The van der Waals surface area contributed by atoms with Crippen LogP contribution in [0.1, 0.15) is 11.1 Å². The summed E-state index contributed by atoms with van der Waals surface area (Å²) in [4.78, 5) is 10.2. The smallest absolute Gasteiger partial charge is 0.0715 e. The van der Waals surface area contributed by atoms with Gasteiger partial charge in [-0.25, -0.2) is 9.97 Å². The molecule has 238 valence electrons. The molecule has 0 saturated heterocycles. The van der Waals surface area contributed by atoms with Crippen LogP contribution in [-0.2, 0) is 0 Å². The van der Waals surface area contributed by atoms with E-state index in [4.69, 9.17) is 9.97 Å². The molecule has 0 aliphatic rings. The average Bonchev–Trinajstić information content (AvgIpc) is 3.18. The van der Waals surface area contributed by atoms with Crippen LogP contribution in [0.15, 0.2) is 182 Å². The largest absolute Gasteiger partial charge is 0.248 e. The first-order valence-electron chi connectivity index (χ1n) is 17.1. The summed E-state index contributed by atoms with van der Waals surface area (Å²) in [5.74, 6) is 0. The number of benzene rings is 6. The summed E-state index contributed by atoms with van der Waals surface area (Å²) in [6, 6.07) is 64.4. The van der Waals surface area contributed by atoms with Gasteiger partial charge < -0.3 is 0 Å². The molecule has 0 spiro atoms. The molecular formula is C48H36N2. The third-order valence-electron chi connectivity index (χ3n) is 9.17. The van der Waals surface area contributed by atoms with Crippen molar-refractivity contribution in [3.05, 3.63) is 193 Å². The Kier molecular flexibility index (Phi) is 8.42. The molecule has 0 aliphatic heterocycles. The van der Waals surface area contributed by atoms with Crippen molar-refractivity contribution in [3.8, 4) is 78.4 Å². The van der Waals surface area contributed by atoms with Crippen molar-refractivity contribution >= 4 is 0 Å². The van der Waals surface area contributed by atoms with Crippen molar-refractivity contribution in [2.75, 3.05) is 0 Å². The van der Waals surface area contributed by atoms with Crippen LogP contribution in [0.3, 0.4) is 0 Å². The van der Waals surface area contributed by atoms with Crippen LogP contribution in [0.2, 0.25) is 0 Å². The maximum atomic E-state index is 5.15. The lowest BCUT2D eigenvalue weighted by molar-refractivity contribution is 1.32. The molecule has 2 heteroatoms. The first-order valence-corrected chi connectivity index (χ1v) is 17.1. The van der Waals surface area contributed by atoms with E-state index in [1.165, 1.54) is 27.8 Å². The number of aromatic nitrogens is 2. The van der Waals surface area contributed by atoms with Gasteiger partial charge in [-0.15, -0.1) is 0 Å². The number of rotatable bonds is 7. The summed E-state index contributed by atoms with van der Waals surface area (Å²) in [6.45, 7) is 4.29. The highest BCUT2D eigenvalue weighted by Crippen LogP contribution is 2.35. The van der Waals surface area contributed by atoms with Gasteiger partial charge in [0.15, 0.2) is 0 Å². The Hall–Kier alpha value is -6.38. The Labute approximate surface area is 294 Å². The molecule has 2 aromatic heterocycles. The van der Waals surface area contributed by atoms with Crippen LogP contribution in [0.5, 0.6) is 0 Å². The second kappa shape index (κ2) is 13.6. The summed E-state index contributed by atoms with van der Waals surface area (Å²) in [6.07, 6.45) is 0. The lowest BCUT2D eigenvalue weighted by Gasteiger charge is -2.13. The van der Waals surface area contributed by atoms with Gasteiger partial charge in [0.05, 0.1) is 22.8 Å². The molecule has 0 bridgehead atoms. The third-order valence-corrected chi connectivity index (χ3v) is 9.17. The first-order chi connectivity index (χ1) is 24.6. The van der Waals surface area contributed by atoms with Gasteiger partial charge in [0.2, 0.25) is 0 Å². The van der Waals surface area contributed by atoms with E-state index in [2.05, 4.69) is 178 Å². The highest BCUT2D eigenvalue weighted by Gasteiger charge is 2.13. The van der Waals surface area contributed by atoms with E-state index in [1.807, 2.05) is 18.2 Å². The van der Waals surface area contributed by atoms with Crippen LogP contribution < -0.4 is 0 Å². The van der Waals surface area contributed by atoms with E-state index in [9.17, 15) is 0 Å². The topological polar surface area (TPSA) is 25.8 Å². The molecule has 0 fully saturated rings. The number of aryl methyl sites for hydroxylation is 2. The van der Waals surface area contributed by atoms with Crippen molar-refractivity contribution in [2.45, 2.75) is 13.8 Å². The van der Waals surface area contributed by atoms with Crippen molar-refractivity contribution in [1.29, 1.82) is 0 Å². The molecule has 0 saturated carbocycles. The summed E-state index contributed by atoms with van der Waals surface area (Å²) >= 11 is 0. The van der Waals surface area contributed by atoms with Crippen LogP contribution in [0.25, 0.3) is 78.4 Å². The zero-order valence-corrected chi connectivity index (χ0v) is 28.2. The molecular weight excluding hydrogens is 605 g/mol. The van der Waals surface area contributed by atoms with Gasteiger partial charge in [0.1, 0.15) is 0 Å². The van der Waals surface area contributed by atoms with Gasteiger partial charge in [-0.05, 0) is 83.1 Å². The highest BCUT2D eigenvalue weighted by atomic mass is 14.7. The van der Waals surface area contributed by atoms with Gasteiger partial charge >= 0.3 is 0 Å². The third kappa shape index (κ3) is 6.65. The van der Waals surface area contributed by atoms with E-state index in [0.717, 1.165) is 61.7 Å². The van der Waals surface area contributed by atoms with Gasteiger partial charge in [0.25, 0.3) is 0 Å². The summed E-state index contributed by atoms with van der Waals surface area (Å²) in [7, 11) is 0. The first kappa shape index (κ1) is 30.9. The van der Waals surface area contributed by atoms with E-state index in [-0.39, 0.29) is 0 Å². The standard InChI is InChI=1S/C48H36N2/c1-33-18-20-35(21-19-33)43-29-45(37-12-6-3-7-13-37)50-48(30-43)40-24-22-36(23-25-40)41-26-34(2)27-42(28-41)44-31-46(38-14-8-4-9-15-38)49-47(32-44)39-16-10-5-11-17-39/h3-32H,1-2H3. The Morgan fingerprint density at radius 3 is 0.960 bits per heavy atom. The lowest BCUT2D eigenvalue weighted by Crippen LogP contribution is -1.92. The molecule has 2 heterocycles. The van der Waals surface area contributed by atoms with E-state index in [0.29, 0.717) is 0 Å². The zero-order chi connectivity index (χ0) is 33.9. The van der Waals surface area contributed by atoms with Crippen LogP contribution >= 0.6 is 0 Å². The molecule has 0 radical (unpaired) electrons. The minimum atomic E-state index is 0.956. The molecule has 0 unspecified atom stereocenters. The van der Waals surface area contributed by atoms with Gasteiger partial charge in [0, 0.05) is 22.3 Å². The maximum absolute atomic E-state index is 5.15. The van der Waals surface area contributed by atoms with Crippen molar-refractivity contribution in [3.63, 3.8) is 0 Å². The number of hydrogen-bond acceptors (Lipinski definition) is 2. The fourth-order valence-corrected chi connectivity index (χ4v) is 6.51. The predicted molar refractivity (Wildman–Crippen MR) is 210 cm³/mol. The molecule has 0 N–H and O–H groups in total. The zero-order valence-electron chi connectivity index (χ0n) is 28.2. The van der Waals surface area contributed by atoms with Crippen molar-refractivity contribution in [2.24, 2.45) is 0 Å². The van der Waals surface area contributed by atoms with Crippen molar-refractivity contribution < 1.29 is 0 Å². The van der Waals surface area contributed by atoms with E-state index in [1.54, 1.807) is 0 Å². The Morgan fingerprint density at radius 1 is 0.240 bits per heavy atom. The molecule has 8 rings (SSSR count). The quantitative estimate of drug-likeness (QED) is 0.173. The lowest BCUT2D eigenvalue weighted by atomic mass is 9.94. The fourth-order valence-electron chi connectivity index (χ4n) is 6.51. The second-order valence-electron chi connectivity index (χ2n) is 12.9. The van der Waals surface area contributed by atoms with Gasteiger partial charge in [-0.3, -0.25) is 0 Å². The number of pyridine rings is 2. The number of hydrogen-bond donors (Lipinski definition) is 0. The molecule has 2 nitrogen and oxygen atoms in total. The molecule has 6 aromatic carbocycles. The normalized spacial score (nSPS) is 11.0. The number of nitrogens with zero attached hydrogens (tertiary/aromatic N) is 2. The Bertz CT molecular complexity index is 2340. The molecule has 50 heavy (non-hydrogen) atoms. The Balaban J connectivity index is 1.18. The fraction of sp³-hybridized carbons (Fsp3) is 0.0417. The van der Waals surface area contributed by atoms with Gasteiger partial charge in [-0.2, -0.15) is 0 Å². The highest BCUT2D eigenvalue weighted by molar-refractivity contribution is 5.81. The molecule has 0 atom stereocenters. The predicted octanol–water partition coefficient (Wildman–Crippen LogP) is 12.8. The minimum absolute atomic E-state index is 0.956. The minimum Gasteiger partial charge on any atom is -0.248 e. The van der Waals surface area contributed by atoms with Crippen LogP contribution in [-0.4, -0.2) is 9.97 Å². The summed E-state index contributed by atoms with van der Waals surface area (Å²) in [5, 5.41) is 0. The maximum Gasteiger partial charge on any atom is 0.0715 e. The summed E-state index contributed by atoms with van der Waals surface area (Å²) in [5.41, 5.74) is 17.7. The molecule has 0 amide bonds. The van der Waals surface area contributed by atoms with Crippen molar-refractivity contribution in [1.82, 2.24) is 9.97 Å². The van der Waals surface area contributed by atoms with E-state index < -0.39 is 0 Å². The second-order valence-corrected chi connectivity index (χ2v) is 12.9. The van der Waals surface area contributed by atoms with E-state index >= 15 is 0 Å².